The molecular weight excluding hydrogens is 436 g/mol. The quantitative estimate of drug-likeness (QED) is 0.336. The average Bonchev–Trinajstić information content (AvgIpc) is 3.21. The summed E-state index contributed by atoms with van der Waals surface area (Å²) in [7, 11) is 0. The first kappa shape index (κ1) is 22.6. The fourth-order valence-electron chi connectivity index (χ4n) is 4.38. The lowest BCUT2D eigenvalue weighted by atomic mass is 10.1. The van der Waals surface area contributed by atoms with Crippen molar-refractivity contribution in [2.75, 3.05) is 0 Å². The normalized spacial score (nSPS) is 11.2. The molecular formula is C29H28N4O2. The third kappa shape index (κ3) is 4.23. The lowest BCUT2D eigenvalue weighted by Crippen LogP contribution is -2.19. The molecule has 0 N–H and O–H groups in total. The number of rotatable bonds is 5. The van der Waals surface area contributed by atoms with E-state index in [0.29, 0.717) is 35.0 Å². The van der Waals surface area contributed by atoms with E-state index in [9.17, 15) is 4.79 Å². The summed E-state index contributed by atoms with van der Waals surface area (Å²) in [5.41, 5.74) is 8.56. The highest BCUT2D eigenvalue weighted by Gasteiger charge is 2.18. The van der Waals surface area contributed by atoms with Gasteiger partial charge < -0.3 is 4.74 Å². The van der Waals surface area contributed by atoms with Gasteiger partial charge in [0, 0.05) is 11.9 Å². The molecule has 6 nitrogen and oxygen atoms in total. The SMILES string of the molecule is Cc1cccc(-n2nc(-c3c(C)nc4c(OCc5cc(C)ccc5C)cccn4c3=O)cc2C)c1. The van der Waals surface area contributed by atoms with Gasteiger partial charge in [-0.15, -0.1) is 0 Å². The Balaban J connectivity index is 1.55. The van der Waals surface area contributed by atoms with Crippen LogP contribution >= 0.6 is 0 Å². The van der Waals surface area contributed by atoms with E-state index in [-0.39, 0.29) is 5.56 Å². The van der Waals surface area contributed by atoms with E-state index < -0.39 is 0 Å². The van der Waals surface area contributed by atoms with Crippen LogP contribution in [0.3, 0.4) is 0 Å². The molecule has 5 rings (SSSR count). The first-order valence-electron chi connectivity index (χ1n) is 11.7. The maximum atomic E-state index is 13.6. The number of hydrogen-bond acceptors (Lipinski definition) is 4. The van der Waals surface area contributed by atoms with Gasteiger partial charge in [0.2, 0.25) is 0 Å². The molecule has 3 heterocycles. The van der Waals surface area contributed by atoms with Crippen LogP contribution in [0.5, 0.6) is 5.75 Å². The monoisotopic (exact) mass is 464 g/mol. The van der Waals surface area contributed by atoms with E-state index in [0.717, 1.165) is 22.5 Å². The summed E-state index contributed by atoms with van der Waals surface area (Å²) < 4.78 is 9.55. The summed E-state index contributed by atoms with van der Waals surface area (Å²) in [4.78, 5) is 18.4. The Morgan fingerprint density at radius 1 is 0.886 bits per heavy atom. The molecule has 0 saturated heterocycles. The Morgan fingerprint density at radius 3 is 2.49 bits per heavy atom. The van der Waals surface area contributed by atoms with E-state index in [4.69, 9.17) is 14.8 Å². The molecule has 176 valence electrons. The first-order valence-corrected chi connectivity index (χ1v) is 11.7. The van der Waals surface area contributed by atoms with Gasteiger partial charge in [0.15, 0.2) is 11.4 Å². The van der Waals surface area contributed by atoms with Crippen molar-refractivity contribution in [2.24, 2.45) is 0 Å². The summed E-state index contributed by atoms with van der Waals surface area (Å²) in [5, 5.41) is 4.77. The zero-order chi connectivity index (χ0) is 24.7. The van der Waals surface area contributed by atoms with E-state index in [1.807, 2.05) is 61.9 Å². The van der Waals surface area contributed by atoms with E-state index in [2.05, 4.69) is 38.1 Å². The Morgan fingerprint density at radius 2 is 1.69 bits per heavy atom. The molecule has 35 heavy (non-hydrogen) atoms. The fourth-order valence-corrected chi connectivity index (χ4v) is 4.38. The second-order valence-corrected chi connectivity index (χ2v) is 9.08. The number of aryl methyl sites for hydroxylation is 5. The van der Waals surface area contributed by atoms with Gasteiger partial charge in [0.25, 0.3) is 5.56 Å². The Kier molecular flexibility index (Phi) is 5.73. The van der Waals surface area contributed by atoms with Gasteiger partial charge in [-0.3, -0.25) is 9.20 Å². The molecule has 0 fully saturated rings. The lowest BCUT2D eigenvalue weighted by molar-refractivity contribution is 0.307. The predicted octanol–water partition coefficient (Wildman–Crippen LogP) is 5.67. The van der Waals surface area contributed by atoms with Crippen molar-refractivity contribution < 1.29 is 4.74 Å². The Bertz CT molecular complexity index is 1630. The van der Waals surface area contributed by atoms with Crippen LogP contribution in [0.25, 0.3) is 22.6 Å². The highest BCUT2D eigenvalue weighted by Crippen LogP contribution is 2.25. The highest BCUT2D eigenvalue weighted by atomic mass is 16.5. The zero-order valence-electron chi connectivity index (χ0n) is 20.7. The van der Waals surface area contributed by atoms with E-state index in [1.54, 1.807) is 10.6 Å². The standard InChI is InChI=1S/C29H28N4O2/c1-18-8-6-9-24(15-18)33-21(4)16-25(31-33)27-22(5)30-28-26(10-7-13-32(28)29(27)34)35-17-23-14-19(2)11-12-20(23)3/h6-16H,17H2,1-5H3. The van der Waals surface area contributed by atoms with E-state index >= 15 is 0 Å². The molecule has 0 aliphatic carbocycles. The minimum absolute atomic E-state index is 0.168. The zero-order valence-corrected chi connectivity index (χ0v) is 20.7. The van der Waals surface area contributed by atoms with Gasteiger partial charge in [-0.2, -0.15) is 5.10 Å². The van der Waals surface area contributed by atoms with Crippen molar-refractivity contribution in [3.63, 3.8) is 0 Å². The number of nitrogens with zero attached hydrogens (tertiary/aromatic N) is 4. The molecule has 0 amide bonds. The average molecular weight is 465 g/mol. The van der Waals surface area contributed by atoms with Gasteiger partial charge in [-0.05, 0) is 81.6 Å². The van der Waals surface area contributed by atoms with Crippen LogP contribution in [0.15, 0.2) is 71.7 Å². The van der Waals surface area contributed by atoms with Gasteiger partial charge in [0.05, 0.1) is 16.9 Å². The molecule has 3 aromatic heterocycles. The molecule has 0 aliphatic rings. The molecule has 0 atom stereocenters. The van der Waals surface area contributed by atoms with Crippen LogP contribution in [-0.2, 0) is 6.61 Å². The lowest BCUT2D eigenvalue weighted by Gasteiger charge is -2.13. The number of benzene rings is 2. The molecule has 2 aromatic carbocycles. The van der Waals surface area contributed by atoms with Crippen LogP contribution < -0.4 is 10.3 Å². The van der Waals surface area contributed by atoms with Crippen molar-refractivity contribution in [1.82, 2.24) is 19.2 Å². The minimum Gasteiger partial charge on any atom is -0.485 e. The molecule has 0 saturated carbocycles. The number of fused-ring (bicyclic) bond motifs is 1. The molecule has 0 aliphatic heterocycles. The van der Waals surface area contributed by atoms with Crippen LogP contribution in [0.4, 0.5) is 0 Å². The highest BCUT2D eigenvalue weighted by molar-refractivity contribution is 5.65. The summed E-state index contributed by atoms with van der Waals surface area (Å²) in [6.45, 7) is 10.4. The first-order chi connectivity index (χ1) is 16.8. The van der Waals surface area contributed by atoms with Crippen molar-refractivity contribution in [1.29, 1.82) is 0 Å². The number of pyridine rings is 1. The second kappa shape index (κ2) is 8.87. The van der Waals surface area contributed by atoms with Crippen molar-refractivity contribution in [3.05, 3.63) is 111 Å². The van der Waals surface area contributed by atoms with Gasteiger partial charge in [0.1, 0.15) is 12.3 Å². The third-order valence-electron chi connectivity index (χ3n) is 6.28. The van der Waals surface area contributed by atoms with Crippen LogP contribution in [0.1, 0.15) is 33.6 Å². The number of hydrogen-bond donors (Lipinski definition) is 0. The number of ether oxygens (including phenoxy) is 1. The smallest absolute Gasteiger partial charge is 0.267 e. The topological polar surface area (TPSA) is 61.4 Å². The fraction of sp³-hybridized carbons (Fsp3) is 0.207. The van der Waals surface area contributed by atoms with Crippen molar-refractivity contribution in [2.45, 2.75) is 41.2 Å². The molecule has 5 aromatic rings. The van der Waals surface area contributed by atoms with Crippen LogP contribution in [0.2, 0.25) is 0 Å². The Hall–Kier alpha value is -4.19. The summed E-state index contributed by atoms with van der Waals surface area (Å²) in [6.07, 6.45) is 1.72. The number of aromatic nitrogens is 4. The van der Waals surface area contributed by atoms with Crippen molar-refractivity contribution in [3.8, 4) is 22.7 Å². The maximum Gasteiger partial charge on any atom is 0.267 e. The van der Waals surface area contributed by atoms with Crippen LogP contribution in [0, 0.1) is 34.6 Å². The van der Waals surface area contributed by atoms with Gasteiger partial charge in [-0.25, -0.2) is 9.67 Å². The van der Waals surface area contributed by atoms with Crippen molar-refractivity contribution >= 4 is 5.65 Å². The summed E-state index contributed by atoms with van der Waals surface area (Å²) in [6, 6.07) is 20.0. The third-order valence-corrected chi connectivity index (χ3v) is 6.28. The Labute approximate surface area is 204 Å². The minimum atomic E-state index is -0.168. The molecule has 6 heteroatoms. The molecule has 0 bridgehead atoms. The predicted molar refractivity (Wildman–Crippen MR) is 138 cm³/mol. The molecule has 0 radical (unpaired) electrons. The van der Waals surface area contributed by atoms with E-state index in [1.165, 1.54) is 11.1 Å². The second-order valence-electron chi connectivity index (χ2n) is 9.08. The summed E-state index contributed by atoms with van der Waals surface area (Å²) in [5.74, 6) is 0.571. The maximum absolute atomic E-state index is 13.6. The van der Waals surface area contributed by atoms with Gasteiger partial charge in [-0.1, -0.05) is 35.9 Å². The van der Waals surface area contributed by atoms with Crippen LogP contribution in [-0.4, -0.2) is 19.2 Å². The largest absolute Gasteiger partial charge is 0.485 e. The molecule has 0 spiro atoms. The summed E-state index contributed by atoms with van der Waals surface area (Å²) >= 11 is 0. The van der Waals surface area contributed by atoms with Gasteiger partial charge >= 0.3 is 0 Å². The molecule has 0 unspecified atom stereocenters.